The zero-order chi connectivity index (χ0) is 21.4. The largest absolute Gasteiger partial charge is 0.497 e. The summed E-state index contributed by atoms with van der Waals surface area (Å²) in [6, 6.07) is 11.1. The maximum Gasteiger partial charge on any atom is 0.223 e. The molecule has 3 aromatic rings. The molecule has 0 bridgehead atoms. The summed E-state index contributed by atoms with van der Waals surface area (Å²) in [5.41, 5.74) is 5.76. The molecule has 2 heterocycles. The fourth-order valence-corrected chi connectivity index (χ4v) is 5.07. The van der Waals surface area contributed by atoms with Gasteiger partial charge < -0.3 is 14.6 Å². The minimum Gasteiger partial charge on any atom is -0.497 e. The van der Waals surface area contributed by atoms with Crippen LogP contribution in [0.3, 0.4) is 0 Å². The van der Waals surface area contributed by atoms with E-state index in [4.69, 9.17) is 4.74 Å². The molecule has 0 radical (unpaired) electrons. The van der Waals surface area contributed by atoms with E-state index in [1.54, 1.807) is 7.11 Å². The monoisotopic (exact) mass is 418 g/mol. The van der Waals surface area contributed by atoms with E-state index in [-0.39, 0.29) is 17.6 Å². The van der Waals surface area contributed by atoms with Gasteiger partial charge in [-0.05, 0) is 78.6 Å². The number of aromatic nitrogens is 1. The highest BCUT2D eigenvalue weighted by molar-refractivity contribution is 5.93. The zero-order valence-corrected chi connectivity index (χ0v) is 17.8. The van der Waals surface area contributed by atoms with Crippen LogP contribution < -0.4 is 4.74 Å². The summed E-state index contributed by atoms with van der Waals surface area (Å²) in [5.74, 6) is 1.17. The van der Waals surface area contributed by atoms with Crippen LogP contribution in [-0.2, 0) is 11.2 Å². The van der Waals surface area contributed by atoms with E-state index in [1.165, 1.54) is 28.8 Å². The van der Waals surface area contributed by atoms with Crippen molar-refractivity contribution in [2.75, 3.05) is 20.2 Å². The second kappa shape index (κ2) is 8.22. The molecule has 5 rings (SSSR count). The van der Waals surface area contributed by atoms with E-state index < -0.39 is 0 Å². The topological polar surface area (TPSA) is 45.3 Å². The molecule has 1 aliphatic carbocycles. The van der Waals surface area contributed by atoms with Crippen LogP contribution in [0.15, 0.2) is 48.7 Å². The predicted molar refractivity (Wildman–Crippen MR) is 121 cm³/mol. The Hall–Kier alpha value is -3.08. The van der Waals surface area contributed by atoms with Crippen molar-refractivity contribution in [2.45, 2.75) is 38.0 Å². The second-order valence-electron chi connectivity index (χ2n) is 8.57. The lowest BCUT2D eigenvalue weighted by molar-refractivity contribution is -0.131. The van der Waals surface area contributed by atoms with Gasteiger partial charge in [-0.15, -0.1) is 0 Å². The first-order chi connectivity index (χ1) is 15.1. The van der Waals surface area contributed by atoms with Crippen LogP contribution in [-0.4, -0.2) is 36.0 Å². The van der Waals surface area contributed by atoms with Gasteiger partial charge in [-0.3, -0.25) is 4.79 Å². The Morgan fingerprint density at radius 2 is 2.13 bits per heavy atom. The number of amides is 1. The van der Waals surface area contributed by atoms with E-state index in [2.05, 4.69) is 23.2 Å². The van der Waals surface area contributed by atoms with Crippen molar-refractivity contribution in [3.63, 3.8) is 0 Å². The average molecular weight is 419 g/mol. The molecule has 1 aliphatic heterocycles. The van der Waals surface area contributed by atoms with Crippen molar-refractivity contribution in [1.82, 2.24) is 9.88 Å². The quantitative estimate of drug-likeness (QED) is 0.613. The van der Waals surface area contributed by atoms with E-state index in [0.717, 1.165) is 54.4 Å². The number of carbonyl (C=O) groups excluding carboxylic acids is 1. The normalized spacial score (nSPS) is 18.6. The van der Waals surface area contributed by atoms with Gasteiger partial charge in [-0.2, -0.15) is 0 Å². The van der Waals surface area contributed by atoms with Crippen molar-refractivity contribution in [1.29, 1.82) is 0 Å². The van der Waals surface area contributed by atoms with Gasteiger partial charge in [0.25, 0.3) is 0 Å². The number of halogens is 1. The summed E-state index contributed by atoms with van der Waals surface area (Å²) >= 11 is 0. The molecular weight excluding hydrogens is 391 g/mol. The first kappa shape index (κ1) is 19.9. The molecule has 1 atom stereocenters. The molecule has 0 saturated heterocycles. The van der Waals surface area contributed by atoms with Crippen molar-refractivity contribution in [3.8, 4) is 5.75 Å². The number of hydrogen-bond acceptors (Lipinski definition) is 2. The van der Waals surface area contributed by atoms with E-state index in [0.29, 0.717) is 13.0 Å². The molecule has 1 aromatic heterocycles. The molecule has 5 heteroatoms. The number of rotatable bonds is 4. The zero-order valence-electron chi connectivity index (χ0n) is 17.8. The Kier molecular flexibility index (Phi) is 5.26. The lowest BCUT2D eigenvalue weighted by Crippen LogP contribution is -2.35. The number of carbonyl (C=O) groups is 1. The number of nitrogens with zero attached hydrogens (tertiary/aromatic N) is 1. The molecule has 1 N–H and O–H groups in total. The molecule has 4 nitrogen and oxygen atoms in total. The summed E-state index contributed by atoms with van der Waals surface area (Å²) in [4.78, 5) is 18.2. The van der Waals surface area contributed by atoms with Gasteiger partial charge in [-0.25, -0.2) is 4.39 Å². The minimum atomic E-state index is -0.238. The third-order valence-corrected chi connectivity index (χ3v) is 6.76. The Balaban J connectivity index is 1.28. The molecule has 1 unspecified atom stereocenters. The number of ether oxygens (including phenoxy) is 1. The lowest BCUT2D eigenvalue weighted by Gasteiger charge is -2.30. The number of fused-ring (bicyclic) bond motifs is 2. The van der Waals surface area contributed by atoms with Crippen molar-refractivity contribution in [3.05, 3.63) is 71.2 Å². The smallest absolute Gasteiger partial charge is 0.223 e. The summed E-state index contributed by atoms with van der Waals surface area (Å²) in [6.07, 6.45) is 8.70. The van der Waals surface area contributed by atoms with Crippen LogP contribution >= 0.6 is 0 Å². The number of benzene rings is 2. The van der Waals surface area contributed by atoms with E-state index in [1.807, 2.05) is 23.2 Å². The summed E-state index contributed by atoms with van der Waals surface area (Å²) in [5, 5.41) is 1.03. The van der Waals surface area contributed by atoms with Crippen LogP contribution in [0.2, 0.25) is 0 Å². The molecule has 0 fully saturated rings. The molecular formula is C26H27FN2O2. The maximum absolute atomic E-state index is 13.5. The average Bonchev–Trinajstić information content (AvgIpc) is 3.22. The molecule has 2 aromatic carbocycles. The molecule has 0 saturated carbocycles. The van der Waals surface area contributed by atoms with Crippen molar-refractivity contribution < 1.29 is 13.9 Å². The first-order valence-corrected chi connectivity index (χ1v) is 11.0. The van der Waals surface area contributed by atoms with Crippen molar-refractivity contribution in [2.24, 2.45) is 0 Å². The molecule has 160 valence electrons. The third-order valence-electron chi connectivity index (χ3n) is 6.76. The fraction of sp³-hybridized carbons (Fsp3) is 0.346. The number of hydrogen-bond donors (Lipinski definition) is 1. The van der Waals surface area contributed by atoms with Crippen LogP contribution in [0.4, 0.5) is 4.39 Å². The highest BCUT2D eigenvalue weighted by Crippen LogP contribution is 2.37. The van der Waals surface area contributed by atoms with Crippen LogP contribution in [0, 0.1) is 5.82 Å². The summed E-state index contributed by atoms with van der Waals surface area (Å²) in [6.45, 7) is 1.35. The predicted octanol–water partition coefficient (Wildman–Crippen LogP) is 5.44. The molecule has 2 aliphatic rings. The highest BCUT2D eigenvalue weighted by atomic mass is 19.1. The third kappa shape index (κ3) is 3.85. The Morgan fingerprint density at radius 1 is 1.23 bits per heavy atom. The van der Waals surface area contributed by atoms with Gasteiger partial charge in [0.1, 0.15) is 11.6 Å². The number of H-pyrrole nitrogens is 1. The van der Waals surface area contributed by atoms with Gasteiger partial charge in [0.2, 0.25) is 5.91 Å². The molecule has 31 heavy (non-hydrogen) atoms. The van der Waals surface area contributed by atoms with Crippen molar-refractivity contribution >= 4 is 22.4 Å². The molecule has 0 spiro atoms. The van der Waals surface area contributed by atoms with Crippen LogP contribution in [0.1, 0.15) is 48.3 Å². The highest BCUT2D eigenvalue weighted by Gasteiger charge is 2.26. The van der Waals surface area contributed by atoms with Gasteiger partial charge in [0, 0.05) is 42.2 Å². The van der Waals surface area contributed by atoms with Gasteiger partial charge in [0.15, 0.2) is 0 Å². The maximum atomic E-state index is 13.5. The SMILES string of the molecule is COc1ccc2c(c1)CCCC2CC(=O)N1CC=C(c2c[nH]c3cc(F)ccc23)CC1. The fourth-order valence-electron chi connectivity index (χ4n) is 5.07. The van der Waals surface area contributed by atoms with E-state index >= 15 is 0 Å². The van der Waals surface area contributed by atoms with Crippen LogP contribution in [0.5, 0.6) is 5.75 Å². The summed E-state index contributed by atoms with van der Waals surface area (Å²) in [7, 11) is 1.69. The first-order valence-electron chi connectivity index (χ1n) is 11.0. The number of aromatic amines is 1. The molecule has 1 amide bonds. The standard InChI is InChI=1S/C26H27FN2O2/c1-31-21-6-8-22-18(13-21)3-2-4-19(22)14-26(30)29-11-9-17(10-12-29)24-16-28-25-15-20(27)5-7-23(24)25/h5-9,13,15-16,19,28H,2-4,10-12,14H2,1H3. The Labute approximate surface area is 181 Å². The summed E-state index contributed by atoms with van der Waals surface area (Å²) < 4.78 is 18.8. The number of nitrogens with one attached hydrogen (secondary N) is 1. The number of methoxy groups -OCH3 is 1. The van der Waals surface area contributed by atoms with Gasteiger partial charge in [-0.1, -0.05) is 12.1 Å². The minimum absolute atomic E-state index is 0.227. The van der Waals surface area contributed by atoms with Crippen LogP contribution in [0.25, 0.3) is 16.5 Å². The Morgan fingerprint density at radius 3 is 2.94 bits per heavy atom. The van der Waals surface area contributed by atoms with E-state index in [9.17, 15) is 9.18 Å². The second-order valence-corrected chi connectivity index (χ2v) is 8.57. The Bertz CT molecular complexity index is 1160. The lowest BCUT2D eigenvalue weighted by atomic mass is 9.80. The van der Waals surface area contributed by atoms with Gasteiger partial charge >= 0.3 is 0 Å². The number of aryl methyl sites for hydroxylation is 1. The van der Waals surface area contributed by atoms with Gasteiger partial charge in [0.05, 0.1) is 7.11 Å².